The zero-order chi connectivity index (χ0) is 18.1. The van der Waals surface area contributed by atoms with Crippen LogP contribution in [-0.4, -0.2) is 17.0 Å². The van der Waals surface area contributed by atoms with Gasteiger partial charge in [-0.25, -0.2) is 4.98 Å². The molecule has 25 heavy (non-hydrogen) atoms. The predicted octanol–water partition coefficient (Wildman–Crippen LogP) is 5.35. The summed E-state index contributed by atoms with van der Waals surface area (Å²) in [6.45, 7) is 1.64. The van der Waals surface area contributed by atoms with Crippen molar-refractivity contribution in [2.45, 2.75) is 13.0 Å². The van der Waals surface area contributed by atoms with E-state index in [1.165, 1.54) is 11.3 Å². The molecule has 0 fully saturated rings. The van der Waals surface area contributed by atoms with Crippen LogP contribution in [0.2, 0.25) is 10.0 Å². The lowest BCUT2D eigenvalue weighted by Gasteiger charge is -2.16. The quantitative estimate of drug-likeness (QED) is 0.549. The van der Waals surface area contributed by atoms with Gasteiger partial charge in [0.15, 0.2) is 11.2 Å². The van der Waals surface area contributed by atoms with E-state index in [4.69, 9.17) is 33.7 Å². The summed E-state index contributed by atoms with van der Waals surface area (Å²) in [6.07, 6.45) is -0.750. The lowest BCUT2D eigenvalue weighted by atomic mass is 10.2. The molecule has 3 rings (SSSR count). The number of aromatic nitrogens is 1. The zero-order valence-electron chi connectivity index (χ0n) is 12.8. The lowest BCUT2D eigenvalue weighted by molar-refractivity contribution is -0.122. The number of fused-ring (bicyclic) bond motifs is 1. The van der Waals surface area contributed by atoms with Gasteiger partial charge in [0, 0.05) is 15.2 Å². The standard InChI is InChI=1S/C16H12BrCl2N3O2S/c1-7(24-12-3-2-8(18)4-11(12)19)15(23)21-9-5-10(17)14-13(6-9)25-16(20)22-14/h2-7H,1H3,(H2,20,22)(H,21,23)/t7-/m0/s1. The van der Waals surface area contributed by atoms with Gasteiger partial charge in [-0.15, -0.1) is 0 Å². The molecule has 1 atom stereocenters. The third-order valence-electron chi connectivity index (χ3n) is 3.30. The molecule has 0 radical (unpaired) electrons. The average molecular weight is 461 g/mol. The molecule has 0 spiro atoms. The van der Waals surface area contributed by atoms with Crippen molar-refractivity contribution in [1.29, 1.82) is 0 Å². The third kappa shape index (κ3) is 4.17. The van der Waals surface area contributed by atoms with Gasteiger partial charge in [-0.2, -0.15) is 0 Å². The highest BCUT2D eigenvalue weighted by atomic mass is 79.9. The van der Waals surface area contributed by atoms with Gasteiger partial charge in [0.1, 0.15) is 5.75 Å². The Labute approximate surface area is 166 Å². The Morgan fingerprint density at radius 2 is 2.12 bits per heavy atom. The minimum absolute atomic E-state index is 0.310. The highest BCUT2D eigenvalue weighted by molar-refractivity contribution is 9.10. The van der Waals surface area contributed by atoms with Crippen LogP contribution in [0.15, 0.2) is 34.8 Å². The van der Waals surface area contributed by atoms with E-state index in [2.05, 4.69) is 26.2 Å². The molecule has 2 aromatic carbocycles. The Hall–Kier alpha value is -1.54. The first-order valence-electron chi connectivity index (χ1n) is 7.11. The van der Waals surface area contributed by atoms with Gasteiger partial charge in [0.2, 0.25) is 0 Å². The lowest BCUT2D eigenvalue weighted by Crippen LogP contribution is -2.30. The Morgan fingerprint density at radius 3 is 2.84 bits per heavy atom. The molecule has 5 nitrogen and oxygen atoms in total. The molecular formula is C16H12BrCl2N3O2S. The van der Waals surface area contributed by atoms with Crippen LogP contribution in [0.4, 0.5) is 10.8 Å². The van der Waals surface area contributed by atoms with E-state index in [0.29, 0.717) is 26.6 Å². The number of nitrogens with two attached hydrogens (primary N) is 1. The van der Waals surface area contributed by atoms with Crippen molar-refractivity contribution < 1.29 is 9.53 Å². The van der Waals surface area contributed by atoms with Crippen molar-refractivity contribution in [3.63, 3.8) is 0 Å². The average Bonchev–Trinajstić information content (AvgIpc) is 2.91. The summed E-state index contributed by atoms with van der Waals surface area (Å²) in [5.41, 5.74) is 7.11. The maximum atomic E-state index is 12.4. The van der Waals surface area contributed by atoms with Gasteiger partial charge >= 0.3 is 0 Å². The Morgan fingerprint density at radius 1 is 1.36 bits per heavy atom. The van der Waals surface area contributed by atoms with Crippen LogP contribution in [0.25, 0.3) is 10.2 Å². The van der Waals surface area contributed by atoms with Crippen LogP contribution >= 0.6 is 50.5 Å². The number of hydrogen-bond acceptors (Lipinski definition) is 5. The fourth-order valence-corrected chi connectivity index (χ4v) is 4.07. The monoisotopic (exact) mass is 459 g/mol. The van der Waals surface area contributed by atoms with Gasteiger partial charge < -0.3 is 15.8 Å². The smallest absolute Gasteiger partial charge is 0.265 e. The molecule has 0 bridgehead atoms. The number of nitrogen functional groups attached to an aromatic ring is 1. The highest BCUT2D eigenvalue weighted by Gasteiger charge is 2.17. The molecule has 0 aliphatic heterocycles. The maximum Gasteiger partial charge on any atom is 0.265 e. The van der Waals surface area contributed by atoms with Crippen molar-refractivity contribution in [1.82, 2.24) is 4.98 Å². The molecule has 1 heterocycles. The van der Waals surface area contributed by atoms with Gasteiger partial charge in [-0.05, 0) is 53.2 Å². The number of nitrogens with one attached hydrogen (secondary N) is 1. The van der Waals surface area contributed by atoms with Gasteiger partial charge in [-0.1, -0.05) is 34.5 Å². The summed E-state index contributed by atoms with van der Waals surface area (Å²) >= 11 is 16.7. The molecule has 0 saturated carbocycles. The van der Waals surface area contributed by atoms with Crippen molar-refractivity contribution in [2.24, 2.45) is 0 Å². The van der Waals surface area contributed by atoms with Crippen molar-refractivity contribution in [3.05, 3.63) is 44.8 Å². The summed E-state index contributed by atoms with van der Waals surface area (Å²) in [4.78, 5) is 16.6. The number of nitrogens with zero attached hydrogens (tertiary/aromatic N) is 1. The maximum absolute atomic E-state index is 12.4. The highest BCUT2D eigenvalue weighted by Crippen LogP contribution is 2.33. The third-order valence-corrected chi connectivity index (χ3v) is 5.27. The molecule has 1 aromatic heterocycles. The molecule has 0 saturated heterocycles. The second-order valence-electron chi connectivity index (χ2n) is 5.18. The number of rotatable bonds is 4. The number of carbonyl (C=O) groups is 1. The Balaban J connectivity index is 1.75. The number of benzene rings is 2. The second-order valence-corrected chi connectivity index (χ2v) is 7.94. The summed E-state index contributed by atoms with van der Waals surface area (Å²) in [6, 6.07) is 8.40. The Kier molecular flexibility index (Phi) is 5.38. The van der Waals surface area contributed by atoms with Crippen LogP contribution in [-0.2, 0) is 4.79 Å². The molecule has 0 aliphatic carbocycles. The number of thiazole rings is 1. The van der Waals surface area contributed by atoms with Crippen LogP contribution in [0, 0.1) is 0 Å². The van der Waals surface area contributed by atoms with E-state index in [1.807, 2.05) is 6.07 Å². The van der Waals surface area contributed by atoms with Crippen LogP contribution < -0.4 is 15.8 Å². The number of anilines is 2. The van der Waals surface area contributed by atoms with Crippen LogP contribution in [0.5, 0.6) is 5.75 Å². The van der Waals surface area contributed by atoms with E-state index < -0.39 is 6.10 Å². The largest absolute Gasteiger partial charge is 0.479 e. The molecule has 3 aromatic rings. The summed E-state index contributed by atoms with van der Waals surface area (Å²) < 4.78 is 7.24. The molecule has 0 unspecified atom stereocenters. The number of ether oxygens (including phenoxy) is 1. The van der Waals surface area contributed by atoms with Crippen molar-refractivity contribution >= 4 is 77.4 Å². The first-order valence-corrected chi connectivity index (χ1v) is 9.48. The normalized spacial score (nSPS) is 12.2. The molecule has 9 heteroatoms. The van der Waals surface area contributed by atoms with E-state index in [1.54, 1.807) is 31.2 Å². The number of halogens is 3. The fraction of sp³-hybridized carbons (Fsp3) is 0.125. The molecule has 0 aliphatic rings. The van der Waals surface area contributed by atoms with Crippen LogP contribution in [0.1, 0.15) is 6.92 Å². The number of carbonyl (C=O) groups excluding carboxylic acids is 1. The minimum atomic E-state index is -0.750. The van der Waals surface area contributed by atoms with Gasteiger partial charge in [-0.3, -0.25) is 4.79 Å². The molecule has 130 valence electrons. The van der Waals surface area contributed by atoms with E-state index in [9.17, 15) is 4.79 Å². The summed E-state index contributed by atoms with van der Waals surface area (Å²) in [5, 5.41) is 4.12. The Bertz CT molecular complexity index is 964. The first-order chi connectivity index (χ1) is 11.8. The summed E-state index contributed by atoms with van der Waals surface area (Å²) in [7, 11) is 0. The topological polar surface area (TPSA) is 77.2 Å². The molecule has 1 amide bonds. The second kappa shape index (κ2) is 7.37. The zero-order valence-corrected chi connectivity index (χ0v) is 16.8. The van der Waals surface area contributed by atoms with Crippen molar-refractivity contribution in [2.75, 3.05) is 11.1 Å². The van der Waals surface area contributed by atoms with E-state index in [-0.39, 0.29) is 5.91 Å². The van der Waals surface area contributed by atoms with E-state index >= 15 is 0 Å². The molecule has 3 N–H and O–H groups in total. The van der Waals surface area contributed by atoms with Gasteiger partial charge in [0.05, 0.1) is 15.2 Å². The first kappa shape index (κ1) is 18.3. The van der Waals surface area contributed by atoms with Gasteiger partial charge in [0.25, 0.3) is 5.91 Å². The fourth-order valence-electron chi connectivity index (χ4n) is 2.14. The SMILES string of the molecule is C[C@H](Oc1ccc(Cl)cc1Cl)C(=O)Nc1cc(Br)c2nc(N)sc2c1. The molecular weight excluding hydrogens is 449 g/mol. The van der Waals surface area contributed by atoms with Crippen molar-refractivity contribution in [3.8, 4) is 5.75 Å². The van der Waals surface area contributed by atoms with E-state index in [0.717, 1.165) is 14.7 Å². The predicted molar refractivity (Wildman–Crippen MR) is 107 cm³/mol. The number of amides is 1. The minimum Gasteiger partial charge on any atom is -0.479 e. The van der Waals surface area contributed by atoms with Crippen LogP contribution in [0.3, 0.4) is 0 Å². The summed E-state index contributed by atoms with van der Waals surface area (Å²) in [5.74, 6) is 0.0790. The number of hydrogen-bond donors (Lipinski definition) is 2.